The Balaban J connectivity index is 1.58. The highest BCUT2D eigenvalue weighted by Crippen LogP contribution is 2.31. The van der Waals surface area contributed by atoms with Crippen molar-refractivity contribution in [3.8, 4) is 0 Å². The van der Waals surface area contributed by atoms with Gasteiger partial charge in [-0.05, 0) is 12.1 Å². The predicted octanol–water partition coefficient (Wildman–Crippen LogP) is 2.18. The van der Waals surface area contributed by atoms with E-state index in [1.807, 2.05) is 0 Å². The van der Waals surface area contributed by atoms with E-state index in [1.165, 1.54) is 11.3 Å². The lowest BCUT2D eigenvalue weighted by molar-refractivity contribution is -0.137. The smallest absolute Gasteiger partial charge is 0.352 e. The normalized spacial score (nSPS) is 15.5. The molecule has 116 valence electrons. The third-order valence-corrected chi connectivity index (χ3v) is 3.87. The van der Waals surface area contributed by atoms with Crippen molar-refractivity contribution in [2.24, 2.45) is 0 Å². The highest BCUT2D eigenvalue weighted by atomic mass is 32.1. The van der Waals surface area contributed by atoms with Crippen LogP contribution in [0.2, 0.25) is 0 Å². The van der Waals surface area contributed by atoms with Crippen LogP contribution >= 0.6 is 11.3 Å². The highest BCUT2D eigenvalue weighted by Gasteiger charge is 2.34. The highest BCUT2D eigenvalue weighted by molar-refractivity contribution is 7.07. The molecule has 0 spiro atoms. The van der Waals surface area contributed by atoms with Gasteiger partial charge in [0.05, 0.1) is 17.1 Å². The zero-order valence-electron chi connectivity index (χ0n) is 11.2. The van der Waals surface area contributed by atoms with E-state index in [0.717, 1.165) is 18.3 Å². The van der Waals surface area contributed by atoms with Crippen LogP contribution in [0.1, 0.15) is 16.1 Å². The van der Waals surface area contributed by atoms with E-state index >= 15 is 0 Å². The second-order valence-electron chi connectivity index (χ2n) is 4.85. The first kappa shape index (κ1) is 14.8. The largest absolute Gasteiger partial charge is 0.416 e. The molecule has 2 aromatic heterocycles. The van der Waals surface area contributed by atoms with E-state index in [0.29, 0.717) is 18.8 Å². The van der Waals surface area contributed by atoms with Gasteiger partial charge >= 0.3 is 6.18 Å². The van der Waals surface area contributed by atoms with Crippen LogP contribution in [0.3, 0.4) is 0 Å². The first-order chi connectivity index (χ1) is 10.4. The molecule has 1 aliphatic rings. The number of amides is 1. The zero-order chi connectivity index (χ0) is 15.7. The molecular formula is C13H11F3N4OS. The molecule has 0 aromatic carbocycles. The second kappa shape index (κ2) is 5.56. The molecule has 0 unspecified atom stereocenters. The zero-order valence-corrected chi connectivity index (χ0v) is 12.0. The minimum atomic E-state index is -4.39. The van der Waals surface area contributed by atoms with Crippen molar-refractivity contribution in [3.05, 3.63) is 40.5 Å². The van der Waals surface area contributed by atoms with Gasteiger partial charge in [0.2, 0.25) is 0 Å². The molecule has 0 radical (unpaired) electrons. The summed E-state index contributed by atoms with van der Waals surface area (Å²) in [5.41, 5.74) is 1.18. The molecule has 9 heteroatoms. The van der Waals surface area contributed by atoms with Gasteiger partial charge in [-0.25, -0.2) is 9.97 Å². The fraction of sp³-hybridized carbons (Fsp3) is 0.308. The molecule has 3 rings (SSSR count). The standard InChI is InChI=1S/C13H11F3N4OS/c14-13(15,16)8-1-2-17-11(3-8)20-4-9(5-20)19-12(21)10-6-22-7-18-10/h1-3,6-7,9H,4-5H2,(H,19,21). The van der Waals surface area contributed by atoms with Crippen LogP contribution in [0.15, 0.2) is 29.2 Å². The summed E-state index contributed by atoms with van der Waals surface area (Å²) in [5, 5.41) is 4.42. The van der Waals surface area contributed by atoms with Gasteiger partial charge in [-0.15, -0.1) is 11.3 Å². The van der Waals surface area contributed by atoms with Gasteiger partial charge in [0.1, 0.15) is 11.5 Å². The third-order valence-electron chi connectivity index (χ3n) is 3.28. The number of hydrogen-bond donors (Lipinski definition) is 1. The van der Waals surface area contributed by atoms with Crippen molar-refractivity contribution in [1.29, 1.82) is 0 Å². The molecular weight excluding hydrogens is 317 g/mol. The summed E-state index contributed by atoms with van der Waals surface area (Å²) >= 11 is 1.32. The quantitative estimate of drug-likeness (QED) is 0.938. The summed E-state index contributed by atoms with van der Waals surface area (Å²) in [6.45, 7) is 0.842. The van der Waals surface area contributed by atoms with E-state index in [-0.39, 0.29) is 17.8 Å². The maximum absolute atomic E-state index is 12.6. The van der Waals surface area contributed by atoms with Gasteiger partial charge in [0.15, 0.2) is 0 Å². The number of anilines is 1. The first-order valence-corrected chi connectivity index (χ1v) is 7.35. The van der Waals surface area contributed by atoms with Gasteiger partial charge in [-0.3, -0.25) is 4.79 Å². The van der Waals surface area contributed by atoms with E-state index in [4.69, 9.17) is 0 Å². The molecule has 0 bridgehead atoms. The summed E-state index contributed by atoms with van der Waals surface area (Å²) in [7, 11) is 0. The van der Waals surface area contributed by atoms with E-state index in [2.05, 4.69) is 15.3 Å². The van der Waals surface area contributed by atoms with Crippen LogP contribution in [0.5, 0.6) is 0 Å². The number of rotatable bonds is 3. The second-order valence-corrected chi connectivity index (χ2v) is 5.57. The predicted molar refractivity (Wildman–Crippen MR) is 74.8 cm³/mol. The third kappa shape index (κ3) is 3.03. The number of nitrogens with zero attached hydrogens (tertiary/aromatic N) is 3. The molecule has 3 heterocycles. The fourth-order valence-corrected chi connectivity index (χ4v) is 2.64. The van der Waals surface area contributed by atoms with Crippen LogP contribution < -0.4 is 10.2 Å². The van der Waals surface area contributed by atoms with Crippen molar-refractivity contribution in [2.75, 3.05) is 18.0 Å². The van der Waals surface area contributed by atoms with Crippen LogP contribution in [0.25, 0.3) is 0 Å². The van der Waals surface area contributed by atoms with E-state index in [9.17, 15) is 18.0 Å². The Labute approximate surface area is 127 Å². The van der Waals surface area contributed by atoms with Gasteiger partial charge in [0.25, 0.3) is 5.91 Å². The molecule has 5 nitrogen and oxygen atoms in total. The Morgan fingerprint density at radius 1 is 1.36 bits per heavy atom. The van der Waals surface area contributed by atoms with Crippen molar-refractivity contribution in [2.45, 2.75) is 12.2 Å². The van der Waals surface area contributed by atoms with Crippen molar-refractivity contribution in [3.63, 3.8) is 0 Å². The van der Waals surface area contributed by atoms with E-state index < -0.39 is 11.7 Å². The Morgan fingerprint density at radius 2 is 2.14 bits per heavy atom. The lowest BCUT2D eigenvalue weighted by Crippen LogP contribution is -2.59. The van der Waals surface area contributed by atoms with Gasteiger partial charge < -0.3 is 10.2 Å². The maximum atomic E-state index is 12.6. The van der Waals surface area contributed by atoms with Crippen molar-refractivity contribution >= 4 is 23.1 Å². The number of carbonyl (C=O) groups excluding carboxylic acids is 1. The number of carbonyl (C=O) groups is 1. The number of nitrogens with one attached hydrogen (secondary N) is 1. The van der Waals surface area contributed by atoms with Gasteiger partial charge in [-0.2, -0.15) is 13.2 Å². The summed E-state index contributed by atoms with van der Waals surface area (Å²) in [5.74, 6) is -0.0168. The SMILES string of the molecule is O=C(NC1CN(c2cc(C(F)(F)F)ccn2)C1)c1cscn1. The lowest BCUT2D eigenvalue weighted by atomic mass is 10.1. The molecule has 0 saturated carbocycles. The summed E-state index contributed by atoms with van der Waals surface area (Å²) in [4.78, 5) is 21.3. The average Bonchev–Trinajstić information content (AvgIpc) is 2.95. The summed E-state index contributed by atoms with van der Waals surface area (Å²) in [6.07, 6.45) is -3.25. The van der Waals surface area contributed by atoms with E-state index in [1.54, 1.807) is 15.8 Å². The van der Waals surface area contributed by atoms with Crippen molar-refractivity contribution in [1.82, 2.24) is 15.3 Å². The average molecular weight is 328 g/mol. The minimum absolute atomic E-state index is 0.120. The fourth-order valence-electron chi connectivity index (χ4n) is 2.11. The van der Waals surface area contributed by atoms with Crippen LogP contribution in [0, 0.1) is 0 Å². The molecule has 1 amide bonds. The number of thiazole rings is 1. The topological polar surface area (TPSA) is 58.1 Å². The Bertz CT molecular complexity index is 668. The van der Waals surface area contributed by atoms with Crippen LogP contribution in [-0.2, 0) is 6.18 Å². The molecule has 0 atom stereocenters. The molecule has 0 aliphatic carbocycles. The first-order valence-electron chi connectivity index (χ1n) is 6.41. The number of hydrogen-bond acceptors (Lipinski definition) is 5. The maximum Gasteiger partial charge on any atom is 0.416 e. The number of alkyl halides is 3. The number of halogens is 3. The molecule has 1 fully saturated rings. The number of pyridine rings is 1. The Kier molecular flexibility index (Phi) is 3.73. The number of aromatic nitrogens is 2. The molecule has 2 aromatic rings. The van der Waals surface area contributed by atoms with Crippen LogP contribution in [-0.4, -0.2) is 35.0 Å². The minimum Gasteiger partial charge on any atom is -0.352 e. The molecule has 22 heavy (non-hydrogen) atoms. The molecule has 1 aliphatic heterocycles. The Hall–Kier alpha value is -2.16. The molecule has 1 saturated heterocycles. The summed E-state index contributed by atoms with van der Waals surface area (Å²) < 4.78 is 37.9. The summed E-state index contributed by atoms with van der Waals surface area (Å²) in [6, 6.07) is 1.83. The lowest BCUT2D eigenvalue weighted by Gasteiger charge is -2.40. The Morgan fingerprint density at radius 3 is 2.77 bits per heavy atom. The van der Waals surface area contributed by atoms with Gasteiger partial charge in [0, 0.05) is 24.7 Å². The monoisotopic (exact) mass is 328 g/mol. The van der Waals surface area contributed by atoms with Crippen LogP contribution in [0.4, 0.5) is 19.0 Å². The van der Waals surface area contributed by atoms with Crippen molar-refractivity contribution < 1.29 is 18.0 Å². The molecule has 1 N–H and O–H groups in total. The van der Waals surface area contributed by atoms with Gasteiger partial charge in [-0.1, -0.05) is 0 Å².